The zero-order valence-electron chi connectivity index (χ0n) is 16.2. The van der Waals surface area contributed by atoms with Gasteiger partial charge in [0.1, 0.15) is 6.10 Å². The Morgan fingerprint density at radius 1 is 1.32 bits per heavy atom. The zero-order chi connectivity index (χ0) is 18.1. The van der Waals surface area contributed by atoms with E-state index in [9.17, 15) is 4.79 Å². The van der Waals surface area contributed by atoms with Crippen molar-refractivity contribution in [2.24, 2.45) is 24.8 Å². The van der Waals surface area contributed by atoms with Gasteiger partial charge in [-0.05, 0) is 42.7 Å². The fourth-order valence-electron chi connectivity index (χ4n) is 4.29. The number of aryl methyl sites for hydroxylation is 1. The predicted octanol–water partition coefficient (Wildman–Crippen LogP) is 3.78. The molecule has 25 heavy (non-hydrogen) atoms. The van der Waals surface area contributed by atoms with E-state index < -0.39 is 0 Å². The molecule has 3 rings (SSSR count). The number of hydrogen-bond acceptors (Lipinski definition) is 2. The number of carbonyl (C=O) groups excluding carboxylic acids is 1. The molecule has 0 N–H and O–H groups in total. The van der Waals surface area contributed by atoms with Crippen LogP contribution < -0.4 is 4.57 Å². The lowest BCUT2D eigenvalue weighted by atomic mass is 9.75. The van der Waals surface area contributed by atoms with Gasteiger partial charge < -0.3 is 4.74 Å². The van der Waals surface area contributed by atoms with Gasteiger partial charge in [0.05, 0.1) is 7.05 Å². The Labute approximate surface area is 150 Å². The maximum absolute atomic E-state index is 12.7. The average Bonchev–Trinajstić information content (AvgIpc) is 2.80. The van der Waals surface area contributed by atoms with E-state index in [1.807, 2.05) is 26.1 Å². The van der Waals surface area contributed by atoms with Crippen molar-refractivity contribution in [3.05, 3.63) is 30.1 Å². The highest BCUT2D eigenvalue weighted by Gasteiger charge is 2.34. The normalized spacial score (nSPS) is 24.0. The Morgan fingerprint density at radius 3 is 2.76 bits per heavy atom. The van der Waals surface area contributed by atoms with Gasteiger partial charge in [-0.15, -0.1) is 0 Å². The molecule has 1 aromatic heterocycles. The van der Waals surface area contributed by atoms with E-state index in [0.29, 0.717) is 17.8 Å². The summed E-state index contributed by atoms with van der Waals surface area (Å²) in [5.41, 5.74) is 2.22. The number of nitrogens with zero attached hydrogens (tertiary/aromatic N) is 2. The lowest BCUT2D eigenvalue weighted by Crippen LogP contribution is -2.37. The van der Waals surface area contributed by atoms with Crippen molar-refractivity contribution in [3.63, 3.8) is 0 Å². The molecule has 0 unspecified atom stereocenters. The quantitative estimate of drug-likeness (QED) is 0.625. The summed E-state index contributed by atoms with van der Waals surface area (Å²) in [6.07, 6.45) is 3.46. The lowest BCUT2D eigenvalue weighted by molar-refractivity contribution is -0.652. The molecular formula is C21H31N2O2+. The molecule has 3 atom stereocenters. The minimum absolute atomic E-state index is 0.0622. The number of para-hydroxylation sites is 2. The Hall–Kier alpha value is -1.84. The second-order valence-corrected chi connectivity index (χ2v) is 8.04. The first kappa shape index (κ1) is 18.0. The number of hydrogen-bond donors (Lipinski definition) is 0. The smallest absolute Gasteiger partial charge is 0.348 e. The zero-order valence-corrected chi connectivity index (χ0v) is 16.2. The maximum atomic E-state index is 12.7. The van der Waals surface area contributed by atoms with Gasteiger partial charge in [0.15, 0.2) is 17.6 Å². The first-order chi connectivity index (χ1) is 11.9. The molecule has 136 valence electrons. The number of benzene rings is 1. The third-order valence-electron chi connectivity index (χ3n) is 5.94. The molecule has 0 amide bonds. The van der Waals surface area contributed by atoms with Gasteiger partial charge in [0.25, 0.3) is 5.82 Å². The molecule has 4 heteroatoms. The number of esters is 1. The largest absolute Gasteiger partial charge is 0.459 e. The number of ether oxygens (including phenoxy) is 1. The van der Waals surface area contributed by atoms with Crippen molar-refractivity contribution in [3.8, 4) is 0 Å². The third-order valence-corrected chi connectivity index (χ3v) is 5.94. The monoisotopic (exact) mass is 343 g/mol. The summed E-state index contributed by atoms with van der Waals surface area (Å²) in [4.78, 5) is 12.7. The summed E-state index contributed by atoms with van der Waals surface area (Å²) in [6, 6.07) is 8.19. The van der Waals surface area contributed by atoms with Crippen LogP contribution in [0.25, 0.3) is 11.0 Å². The van der Waals surface area contributed by atoms with Crippen LogP contribution in [0.1, 0.15) is 45.9 Å². The van der Waals surface area contributed by atoms with Gasteiger partial charge in [-0.3, -0.25) is 0 Å². The van der Waals surface area contributed by atoms with Crippen molar-refractivity contribution in [1.29, 1.82) is 0 Å². The van der Waals surface area contributed by atoms with Crippen LogP contribution in [0.15, 0.2) is 24.3 Å². The summed E-state index contributed by atoms with van der Waals surface area (Å²) in [6.45, 7) is 9.08. The highest BCUT2D eigenvalue weighted by atomic mass is 16.5. The molecule has 1 heterocycles. The van der Waals surface area contributed by atoms with Crippen molar-refractivity contribution >= 4 is 17.0 Å². The van der Waals surface area contributed by atoms with E-state index in [2.05, 4.69) is 42.0 Å². The third kappa shape index (κ3) is 3.58. The van der Waals surface area contributed by atoms with E-state index in [-0.39, 0.29) is 18.6 Å². The van der Waals surface area contributed by atoms with Crippen molar-refractivity contribution in [1.82, 2.24) is 4.57 Å². The van der Waals surface area contributed by atoms with Crippen molar-refractivity contribution < 1.29 is 14.1 Å². The highest BCUT2D eigenvalue weighted by molar-refractivity contribution is 5.76. The molecule has 1 saturated carbocycles. The fourth-order valence-corrected chi connectivity index (χ4v) is 4.29. The highest BCUT2D eigenvalue weighted by Crippen LogP contribution is 2.35. The first-order valence-electron chi connectivity index (χ1n) is 9.51. The van der Waals surface area contributed by atoms with Crippen LogP contribution in [-0.2, 0) is 23.1 Å². The average molecular weight is 343 g/mol. The van der Waals surface area contributed by atoms with Crippen LogP contribution in [-0.4, -0.2) is 16.6 Å². The Bertz CT molecular complexity index is 763. The fraction of sp³-hybridized carbons (Fsp3) is 0.619. The van der Waals surface area contributed by atoms with Crippen molar-refractivity contribution in [2.45, 2.75) is 59.6 Å². The molecule has 0 bridgehead atoms. The van der Waals surface area contributed by atoms with Gasteiger partial charge in [-0.25, -0.2) is 13.9 Å². The second-order valence-electron chi connectivity index (χ2n) is 8.04. The first-order valence-corrected chi connectivity index (χ1v) is 9.51. The van der Waals surface area contributed by atoms with E-state index >= 15 is 0 Å². The van der Waals surface area contributed by atoms with E-state index in [4.69, 9.17) is 4.74 Å². The van der Waals surface area contributed by atoms with Gasteiger partial charge in [0, 0.05) is 6.92 Å². The van der Waals surface area contributed by atoms with Crippen LogP contribution in [0.3, 0.4) is 0 Å². The molecule has 2 aromatic rings. The van der Waals surface area contributed by atoms with Gasteiger partial charge >= 0.3 is 5.97 Å². The summed E-state index contributed by atoms with van der Waals surface area (Å²) in [5.74, 6) is 2.63. The van der Waals surface area contributed by atoms with E-state index in [1.54, 1.807) is 0 Å². The Kier molecular flexibility index (Phi) is 5.16. The number of aromatic nitrogens is 2. The molecule has 1 aliphatic rings. The number of fused-ring (bicyclic) bond motifs is 1. The van der Waals surface area contributed by atoms with E-state index in [1.165, 1.54) is 6.42 Å². The number of carbonyl (C=O) groups is 1. The van der Waals surface area contributed by atoms with Gasteiger partial charge in [-0.2, -0.15) is 0 Å². The molecule has 0 saturated heterocycles. The molecule has 1 fully saturated rings. The number of imidazole rings is 1. The Balaban J connectivity index is 1.77. The predicted molar refractivity (Wildman–Crippen MR) is 99.1 cm³/mol. The molecule has 1 aromatic carbocycles. The summed E-state index contributed by atoms with van der Waals surface area (Å²) >= 11 is 0. The molecule has 0 aliphatic heterocycles. The summed E-state index contributed by atoms with van der Waals surface area (Å²) < 4.78 is 10.2. The Morgan fingerprint density at radius 2 is 2.04 bits per heavy atom. The molecule has 0 spiro atoms. The van der Waals surface area contributed by atoms with Crippen LogP contribution >= 0.6 is 0 Å². The number of rotatable bonds is 4. The van der Waals surface area contributed by atoms with Crippen molar-refractivity contribution in [2.75, 3.05) is 0 Å². The molecule has 1 aliphatic carbocycles. The van der Waals surface area contributed by atoms with Crippen LogP contribution in [0.4, 0.5) is 0 Å². The summed E-state index contributed by atoms with van der Waals surface area (Å²) in [7, 11) is 2.04. The second kappa shape index (κ2) is 7.19. The molecular weight excluding hydrogens is 312 g/mol. The van der Waals surface area contributed by atoms with E-state index in [0.717, 1.165) is 29.7 Å². The van der Waals surface area contributed by atoms with Gasteiger partial charge in [0.2, 0.25) is 0 Å². The lowest BCUT2D eigenvalue weighted by Gasteiger charge is -2.36. The maximum Gasteiger partial charge on any atom is 0.348 e. The van der Waals surface area contributed by atoms with Crippen LogP contribution in [0.2, 0.25) is 0 Å². The SMILES string of the molecule is Cc1n(CC(=O)O[C@@H]2C[C@@H](C)CC[C@H]2C(C)C)c2ccccc2[n+]1C. The van der Waals surface area contributed by atoms with Gasteiger partial charge in [-0.1, -0.05) is 39.3 Å². The minimum atomic E-state index is -0.116. The topological polar surface area (TPSA) is 35.1 Å². The minimum Gasteiger partial charge on any atom is -0.459 e. The standard InChI is InChI=1S/C21H31N2O2/c1-14(2)17-11-10-15(3)12-20(17)25-21(24)13-23-16(4)22(5)18-8-6-7-9-19(18)23/h6-9,14-15,17,20H,10-13H2,1-5H3/q+1/t15-,17-,20+/m0/s1. The summed E-state index contributed by atoms with van der Waals surface area (Å²) in [5, 5.41) is 0. The molecule has 0 radical (unpaired) electrons. The molecule has 4 nitrogen and oxygen atoms in total. The van der Waals surface area contributed by atoms with Crippen LogP contribution in [0.5, 0.6) is 0 Å². The van der Waals surface area contributed by atoms with Crippen LogP contribution in [0, 0.1) is 24.7 Å².